The minimum atomic E-state index is 0.573. The van der Waals surface area contributed by atoms with Gasteiger partial charge in [-0.2, -0.15) is 0 Å². The minimum Gasteiger partial charge on any atom is -0.341 e. The third-order valence-electron chi connectivity index (χ3n) is 3.09. The van der Waals surface area contributed by atoms with E-state index in [1.165, 1.54) is 16.5 Å². The Morgan fingerprint density at radius 1 is 1.33 bits per heavy atom. The van der Waals surface area contributed by atoms with Gasteiger partial charge in [-0.1, -0.05) is 18.2 Å². The van der Waals surface area contributed by atoms with Crippen molar-refractivity contribution in [3.8, 4) is 0 Å². The molecule has 0 unspecified atom stereocenters. The SMILES string of the molecule is Cc1nc(Cn2cc(CN)c3ccccc32)cs1. The van der Waals surface area contributed by atoms with Gasteiger partial charge in [0.2, 0.25) is 0 Å². The Morgan fingerprint density at radius 2 is 2.17 bits per heavy atom. The summed E-state index contributed by atoms with van der Waals surface area (Å²) in [6, 6.07) is 8.37. The highest BCUT2D eigenvalue weighted by molar-refractivity contribution is 7.09. The predicted octanol–water partition coefficient (Wildman–Crippen LogP) is 2.91. The van der Waals surface area contributed by atoms with Gasteiger partial charge in [0.25, 0.3) is 0 Å². The van der Waals surface area contributed by atoms with Crippen LogP contribution in [0.3, 0.4) is 0 Å². The maximum Gasteiger partial charge on any atom is 0.0898 e. The van der Waals surface area contributed by atoms with Gasteiger partial charge in [-0.15, -0.1) is 11.3 Å². The zero-order chi connectivity index (χ0) is 12.5. The van der Waals surface area contributed by atoms with Gasteiger partial charge in [-0.05, 0) is 18.6 Å². The van der Waals surface area contributed by atoms with Crippen LogP contribution < -0.4 is 5.73 Å². The van der Waals surface area contributed by atoms with Crippen molar-refractivity contribution in [1.82, 2.24) is 9.55 Å². The van der Waals surface area contributed by atoms with Crippen LogP contribution in [0.15, 0.2) is 35.8 Å². The molecule has 3 rings (SSSR count). The van der Waals surface area contributed by atoms with Crippen LogP contribution in [0.4, 0.5) is 0 Å². The molecule has 2 heterocycles. The number of fused-ring (bicyclic) bond motifs is 1. The molecule has 0 aliphatic heterocycles. The lowest BCUT2D eigenvalue weighted by Gasteiger charge is -2.02. The van der Waals surface area contributed by atoms with Crippen molar-refractivity contribution in [2.45, 2.75) is 20.0 Å². The molecule has 92 valence electrons. The van der Waals surface area contributed by atoms with Crippen molar-refractivity contribution in [3.05, 3.63) is 52.1 Å². The van der Waals surface area contributed by atoms with Crippen LogP contribution in [-0.4, -0.2) is 9.55 Å². The van der Waals surface area contributed by atoms with Crippen LogP contribution in [0.2, 0.25) is 0 Å². The van der Waals surface area contributed by atoms with Crippen LogP contribution >= 0.6 is 11.3 Å². The van der Waals surface area contributed by atoms with E-state index in [4.69, 9.17) is 5.73 Å². The molecule has 0 aliphatic rings. The summed E-state index contributed by atoms with van der Waals surface area (Å²) in [4.78, 5) is 4.51. The summed E-state index contributed by atoms with van der Waals surface area (Å²) in [5.74, 6) is 0. The van der Waals surface area contributed by atoms with Crippen LogP contribution in [0.25, 0.3) is 10.9 Å². The molecule has 2 N–H and O–H groups in total. The van der Waals surface area contributed by atoms with Gasteiger partial charge in [-0.3, -0.25) is 0 Å². The summed E-state index contributed by atoms with van der Waals surface area (Å²) in [6.07, 6.45) is 2.14. The predicted molar refractivity (Wildman–Crippen MR) is 75.8 cm³/mol. The van der Waals surface area contributed by atoms with Crippen molar-refractivity contribution in [2.24, 2.45) is 5.73 Å². The Balaban J connectivity index is 2.06. The Bertz CT molecular complexity index is 681. The van der Waals surface area contributed by atoms with E-state index in [2.05, 4.69) is 45.4 Å². The molecule has 0 bridgehead atoms. The topological polar surface area (TPSA) is 43.8 Å². The summed E-state index contributed by atoms with van der Waals surface area (Å²) < 4.78 is 2.23. The average Bonchev–Trinajstić information content (AvgIpc) is 2.95. The van der Waals surface area contributed by atoms with Gasteiger partial charge in [0.15, 0.2) is 0 Å². The third-order valence-corrected chi connectivity index (χ3v) is 3.91. The van der Waals surface area contributed by atoms with Crippen molar-refractivity contribution < 1.29 is 0 Å². The molecule has 3 nitrogen and oxygen atoms in total. The molecule has 0 radical (unpaired) electrons. The second-order valence-electron chi connectivity index (χ2n) is 4.36. The molecule has 0 fully saturated rings. The van der Waals surface area contributed by atoms with Crippen molar-refractivity contribution in [1.29, 1.82) is 0 Å². The number of benzene rings is 1. The number of hydrogen-bond acceptors (Lipinski definition) is 3. The summed E-state index contributed by atoms with van der Waals surface area (Å²) >= 11 is 1.69. The first kappa shape index (κ1) is 11.4. The molecule has 18 heavy (non-hydrogen) atoms. The summed E-state index contributed by atoms with van der Waals surface area (Å²) in [7, 11) is 0. The lowest BCUT2D eigenvalue weighted by atomic mass is 10.2. The molecule has 0 aliphatic carbocycles. The van der Waals surface area contributed by atoms with Gasteiger partial charge < -0.3 is 10.3 Å². The quantitative estimate of drug-likeness (QED) is 0.784. The molecule has 4 heteroatoms. The van der Waals surface area contributed by atoms with E-state index >= 15 is 0 Å². The van der Waals surface area contributed by atoms with E-state index in [0.29, 0.717) is 6.54 Å². The Morgan fingerprint density at radius 3 is 2.89 bits per heavy atom. The number of aryl methyl sites for hydroxylation is 1. The number of para-hydroxylation sites is 1. The highest BCUT2D eigenvalue weighted by atomic mass is 32.1. The second-order valence-corrected chi connectivity index (χ2v) is 5.42. The largest absolute Gasteiger partial charge is 0.341 e. The minimum absolute atomic E-state index is 0.573. The van der Waals surface area contributed by atoms with Gasteiger partial charge >= 0.3 is 0 Å². The zero-order valence-corrected chi connectivity index (χ0v) is 11.1. The van der Waals surface area contributed by atoms with Gasteiger partial charge in [0.1, 0.15) is 0 Å². The van der Waals surface area contributed by atoms with E-state index in [9.17, 15) is 0 Å². The Kier molecular flexibility index (Phi) is 2.89. The van der Waals surface area contributed by atoms with Crippen LogP contribution in [0.1, 0.15) is 16.3 Å². The number of nitrogens with two attached hydrogens (primary N) is 1. The maximum atomic E-state index is 5.80. The fourth-order valence-electron chi connectivity index (χ4n) is 2.27. The number of aromatic nitrogens is 2. The first-order valence-corrected chi connectivity index (χ1v) is 6.83. The molecule has 0 saturated carbocycles. The van der Waals surface area contributed by atoms with E-state index in [0.717, 1.165) is 17.2 Å². The summed E-state index contributed by atoms with van der Waals surface area (Å²) in [6.45, 7) is 3.42. The van der Waals surface area contributed by atoms with Crippen molar-refractivity contribution in [2.75, 3.05) is 0 Å². The lowest BCUT2D eigenvalue weighted by molar-refractivity contribution is 0.806. The molecule has 0 saturated heterocycles. The smallest absolute Gasteiger partial charge is 0.0898 e. The Labute approximate surface area is 110 Å². The number of thiazole rings is 1. The number of rotatable bonds is 3. The first-order chi connectivity index (χ1) is 8.78. The molecule has 1 aromatic carbocycles. The van der Waals surface area contributed by atoms with Gasteiger partial charge in [-0.25, -0.2) is 4.98 Å². The van der Waals surface area contributed by atoms with Crippen LogP contribution in [0, 0.1) is 6.92 Å². The molecule has 2 aromatic heterocycles. The maximum absolute atomic E-state index is 5.80. The molecule has 0 spiro atoms. The second kappa shape index (κ2) is 4.55. The van der Waals surface area contributed by atoms with E-state index in [1.54, 1.807) is 11.3 Å². The van der Waals surface area contributed by atoms with Crippen molar-refractivity contribution in [3.63, 3.8) is 0 Å². The molecule has 0 amide bonds. The number of nitrogens with zero attached hydrogens (tertiary/aromatic N) is 2. The monoisotopic (exact) mass is 257 g/mol. The summed E-state index contributed by atoms with van der Waals surface area (Å²) in [5.41, 5.74) is 9.33. The highest BCUT2D eigenvalue weighted by Gasteiger charge is 2.08. The van der Waals surface area contributed by atoms with Crippen LogP contribution in [-0.2, 0) is 13.1 Å². The molecule has 0 atom stereocenters. The fraction of sp³-hybridized carbons (Fsp3) is 0.214. The van der Waals surface area contributed by atoms with E-state index in [1.807, 2.05) is 6.92 Å². The van der Waals surface area contributed by atoms with E-state index in [-0.39, 0.29) is 0 Å². The van der Waals surface area contributed by atoms with Crippen LogP contribution in [0.5, 0.6) is 0 Å². The zero-order valence-electron chi connectivity index (χ0n) is 10.3. The Hall–Kier alpha value is -1.65. The summed E-state index contributed by atoms with van der Waals surface area (Å²) in [5, 5.41) is 4.47. The molecular formula is C14H15N3S. The normalized spacial score (nSPS) is 11.2. The first-order valence-electron chi connectivity index (χ1n) is 5.96. The average molecular weight is 257 g/mol. The molecular weight excluding hydrogens is 242 g/mol. The van der Waals surface area contributed by atoms with Gasteiger partial charge in [0.05, 0.1) is 17.2 Å². The van der Waals surface area contributed by atoms with Crippen molar-refractivity contribution >= 4 is 22.2 Å². The fourth-order valence-corrected chi connectivity index (χ4v) is 2.88. The number of hydrogen-bond donors (Lipinski definition) is 1. The molecule has 3 aromatic rings. The highest BCUT2D eigenvalue weighted by Crippen LogP contribution is 2.22. The van der Waals surface area contributed by atoms with E-state index < -0.39 is 0 Å². The van der Waals surface area contributed by atoms with Gasteiger partial charge in [0, 0.05) is 29.0 Å². The standard InChI is InChI=1S/C14H15N3S/c1-10-16-12(9-18-10)8-17-7-11(6-15)13-4-2-3-5-14(13)17/h2-5,7,9H,6,8,15H2,1H3. The third kappa shape index (κ3) is 1.94. The lowest BCUT2D eigenvalue weighted by Crippen LogP contribution is -1.99.